The molecule has 5 nitrogen and oxygen atoms in total. The van der Waals surface area contributed by atoms with Crippen LogP contribution >= 0.6 is 0 Å². The number of nitrogens with zero attached hydrogens (tertiary/aromatic N) is 2. The highest BCUT2D eigenvalue weighted by molar-refractivity contribution is 6.03. The van der Waals surface area contributed by atoms with E-state index in [1.54, 1.807) is 11.6 Å². The molecule has 0 saturated heterocycles. The average Bonchev–Trinajstić information content (AvgIpc) is 3.37. The molecule has 0 amide bonds. The highest BCUT2D eigenvalue weighted by Gasteiger charge is 2.29. The first kappa shape index (κ1) is 14.3. The first-order chi connectivity index (χ1) is 12.1. The number of anilines is 1. The minimum Gasteiger partial charge on any atom is -0.440 e. The van der Waals surface area contributed by atoms with E-state index in [-0.39, 0.29) is 5.56 Å². The van der Waals surface area contributed by atoms with E-state index in [0.29, 0.717) is 17.0 Å². The van der Waals surface area contributed by atoms with Crippen molar-refractivity contribution in [1.29, 1.82) is 0 Å². The van der Waals surface area contributed by atoms with Crippen LogP contribution in [0.4, 0.5) is 5.69 Å². The third kappa shape index (κ3) is 2.16. The van der Waals surface area contributed by atoms with Crippen molar-refractivity contribution in [2.24, 2.45) is 7.05 Å². The molecule has 0 unspecified atom stereocenters. The van der Waals surface area contributed by atoms with Crippen molar-refractivity contribution in [3.8, 4) is 11.1 Å². The molecule has 5 heteroatoms. The summed E-state index contributed by atoms with van der Waals surface area (Å²) in [7, 11) is 1.76. The molecule has 4 aromatic rings. The van der Waals surface area contributed by atoms with Crippen LogP contribution in [-0.2, 0) is 7.05 Å². The number of rotatable bonds is 2. The second kappa shape index (κ2) is 4.96. The third-order valence-electron chi connectivity index (χ3n) is 4.84. The van der Waals surface area contributed by atoms with Gasteiger partial charge in [-0.05, 0) is 36.4 Å². The summed E-state index contributed by atoms with van der Waals surface area (Å²) >= 11 is 0. The summed E-state index contributed by atoms with van der Waals surface area (Å²) in [5.41, 5.74) is 10.1. The number of benzene rings is 2. The van der Waals surface area contributed by atoms with Crippen LogP contribution in [0.5, 0.6) is 0 Å². The van der Waals surface area contributed by atoms with E-state index in [9.17, 15) is 4.79 Å². The molecular weight excluding hydrogens is 314 g/mol. The number of hydrogen-bond acceptors (Lipinski definition) is 4. The zero-order chi connectivity index (χ0) is 17.1. The van der Waals surface area contributed by atoms with Gasteiger partial charge in [-0.2, -0.15) is 0 Å². The number of aromatic nitrogens is 2. The van der Waals surface area contributed by atoms with Crippen molar-refractivity contribution in [1.82, 2.24) is 9.55 Å². The van der Waals surface area contributed by atoms with E-state index in [2.05, 4.69) is 4.98 Å². The first-order valence-corrected chi connectivity index (χ1v) is 8.40. The van der Waals surface area contributed by atoms with Gasteiger partial charge in [0.2, 0.25) is 0 Å². The van der Waals surface area contributed by atoms with Crippen LogP contribution in [-0.4, -0.2) is 9.55 Å². The molecule has 2 aromatic heterocycles. The number of nitrogens with two attached hydrogens (primary N) is 1. The monoisotopic (exact) mass is 331 g/mol. The molecule has 1 fully saturated rings. The van der Waals surface area contributed by atoms with Crippen molar-refractivity contribution < 1.29 is 4.42 Å². The van der Waals surface area contributed by atoms with Crippen molar-refractivity contribution in [3.63, 3.8) is 0 Å². The molecule has 1 aliphatic carbocycles. The summed E-state index contributed by atoms with van der Waals surface area (Å²) in [4.78, 5) is 17.1. The SMILES string of the molecule is Cn1cc(-c2cc(N)cc3nc(C4CC4)oc23)c2ccccc2c1=O. The van der Waals surface area contributed by atoms with Crippen LogP contribution in [0, 0.1) is 0 Å². The van der Waals surface area contributed by atoms with Crippen molar-refractivity contribution in [3.05, 3.63) is 58.8 Å². The lowest BCUT2D eigenvalue weighted by Gasteiger charge is -2.10. The predicted octanol–water partition coefficient (Wildman–Crippen LogP) is 3.81. The topological polar surface area (TPSA) is 74.1 Å². The van der Waals surface area contributed by atoms with Gasteiger partial charge in [0, 0.05) is 41.4 Å². The van der Waals surface area contributed by atoms with Gasteiger partial charge in [0.15, 0.2) is 11.5 Å². The van der Waals surface area contributed by atoms with E-state index in [1.165, 1.54) is 0 Å². The number of nitrogen functional groups attached to an aromatic ring is 1. The zero-order valence-corrected chi connectivity index (χ0v) is 13.8. The lowest BCUT2D eigenvalue weighted by atomic mass is 9.99. The largest absolute Gasteiger partial charge is 0.440 e. The van der Waals surface area contributed by atoms with E-state index in [1.807, 2.05) is 42.6 Å². The Hall–Kier alpha value is -3.08. The molecule has 0 atom stereocenters. The Morgan fingerprint density at radius 3 is 2.68 bits per heavy atom. The molecule has 5 rings (SSSR count). The molecular formula is C20H17N3O2. The minimum atomic E-state index is -0.0178. The van der Waals surface area contributed by atoms with Gasteiger partial charge in [-0.25, -0.2) is 4.98 Å². The fourth-order valence-electron chi connectivity index (χ4n) is 3.41. The van der Waals surface area contributed by atoms with Crippen molar-refractivity contribution >= 4 is 27.6 Å². The summed E-state index contributed by atoms with van der Waals surface area (Å²) in [5, 5.41) is 1.57. The Kier molecular flexibility index (Phi) is 2.83. The maximum Gasteiger partial charge on any atom is 0.258 e. The number of fused-ring (bicyclic) bond motifs is 2. The summed E-state index contributed by atoms with van der Waals surface area (Å²) < 4.78 is 7.70. The number of pyridine rings is 1. The zero-order valence-electron chi connectivity index (χ0n) is 13.8. The fourth-order valence-corrected chi connectivity index (χ4v) is 3.41. The lowest BCUT2D eigenvalue weighted by Crippen LogP contribution is -2.16. The van der Waals surface area contributed by atoms with Gasteiger partial charge in [0.25, 0.3) is 5.56 Å². The molecule has 1 saturated carbocycles. The second-order valence-corrected chi connectivity index (χ2v) is 6.75. The van der Waals surface area contributed by atoms with Gasteiger partial charge in [0.1, 0.15) is 5.52 Å². The summed E-state index contributed by atoms with van der Waals surface area (Å²) in [6.45, 7) is 0. The molecule has 124 valence electrons. The quantitative estimate of drug-likeness (QED) is 0.567. The number of aryl methyl sites for hydroxylation is 1. The van der Waals surface area contributed by atoms with Crippen LogP contribution in [0.1, 0.15) is 24.7 Å². The van der Waals surface area contributed by atoms with E-state index < -0.39 is 0 Å². The Morgan fingerprint density at radius 1 is 1.16 bits per heavy atom. The molecule has 2 N–H and O–H groups in total. The first-order valence-electron chi connectivity index (χ1n) is 8.40. The van der Waals surface area contributed by atoms with Gasteiger partial charge in [-0.3, -0.25) is 4.79 Å². The Labute approximate surface area is 143 Å². The maximum atomic E-state index is 12.4. The number of hydrogen-bond donors (Lipinski definition) is 1. The van der Waals surface area contributed by atoms with Crippen LogP contribution < -0.4 is 11.3 Å². The average molecular weight is 331 g/mol. The Morgan fingerprint density at radius 2 is 1.92 bits per heavy atom. The Balaban J connectivity index is 1.88. The van der Waals surface area contributed by atoms with Crippen molar-refractivity contribution in [2.75, 3.05) is 5.73 Å². The second-order valence-electron chi connectivity index (χ2n) is 6.75. The molecule has 0 bridgehead atoms. The molecule has 25 heavy (non-hydrogen) atoms. The Bertz CT molecular complexity index is 1200. The molecule has 2 heterocycles. The van der Waals surface area contributed by atoms with Crippen LogP contribution in [0.25, 0.3) is 33.0 Å². The highest BCUT2D eigenvalue weighted by atomic mass is 16.3. The van der Waals surface area contributed by atoms with Crippen LogP contribution in [0.15, 0.2) is 51.8 Å². The summed E-state index contributed by atoms with van der Waals surface area (Å²) in [6.07, 6.45) is 4.10. The van der Waals surface area contributed by atoms with Gasteiger partial charge in [0.05, 0.1) is 0 Å². The third-order valence-corrected chi connectivity index (χ3v) is 4.84. The van der Waals surface area contributed by atoms with Crippen LogP contribution in [0.3, 0.4) is 0 Å². The van der Waals surface area contributed by atoms with Gasteiger partial charge in [-0.15, -0.1) is 0 Å². The van der Waals surface area contributed by atoms with Gasteiger partial charge < -0.3 is 14.7 Å². The molecule has 0 spiro atoms. The van der Waals surface area contributed by atoms with Gasteiger partial charge in [-0.1, -0.05) is 18.2 Å². The lowest BCUT2D eigenvalue weighted by molar-refractivity contribution is 0.534. The molecule has 1 aliphatic rings. The molecule has 0 radical (unpaired) electrons. The molecule has 0 aliphatic heterocycles. The fraction of sp³-hybridized carbons (Fsp3) is 0.200. The van der Waals surface area contributed by atoms with E-state index in [0.717, 1.165) is 46.3 Å². The van der Waals surface area contributed by atoms with E-state index >= 15 is 0 Å². The number of oxazole rings is 1. The standard InChI is InChI=1S/C20H17N3O2/c1-23-10-16(13-4-2-3-5-14(13)20(23)24)15-8-12(21)9-17-18(15)25-19(22-17)11-6-7-11/h2-5,8-11H,6-7,21H2,1H3. The van der Waals surface area contributed by atoms with Gasteiger partial charge >= 0.3 is 0 Å². The summed E-state index contributed by atoms with van der Waals surface area (Å²) in [6, 6.07) is 11.4. The maximum absolute atomic E-state index is 12.4. The van der Waals surface area contributed by atoms with E-state index in [4.69, 9.17) is 10.2 Å². The smallest absolute Gasteiger partial charge is 0.258 e. The van der Waals surface area contributed by atoms with Crippen LogP contribution in [0.2, 0.25) is 0 Å². The highest BCUT2D eigenvalue weighted by Crippen LogP contribution is 2.43. The minimum absolute atomic E-state index is 0.0178. The normalized spacial score (nSPS) is 14.4. The summed E-state index contributed by atoms with van der Waals surface area (Å²) in [5.74, 6) is 1.22. The predicted molar refractivity (Wildman–Crippen MR) is 98.6 cm³/mol. The van der Waals surface area contributed by atoms with Crippen molar-refractivity contribution in [2.45, 2.75) is 18.8 Å². The molecule has 2 aromatic carbocycles.